The molecule has 2 aromatic rings. The Bertz CT molecular complexity index is 472. The van der Waals surface area contributed by atoms with Crippen LogP contribution in [0.25, 0.3) is 0 Å². The molecule has 0 atom stereocenters. The van der Waals surface area contributed by atoms with Gasteiger partial charge < -0.3 is 5.32 Å². The average Bonchev–Trinajstić information content (AvgIpc) is 2.79. The average molecular weight is 272 g/mol. The minimum Gasteiger partial charge on any atom is -0.369 e. The molecule has 90 valence electrons. The molecule has 0 saturated carbocycles. The Morgan fingerprint density at radius 3 is 2.94 bits per heavy atom. The molecule has 0 aliphatic heterocycles. The molecule has 1 N–H and O–H groups in total. The molecule has 7 heteroatoms. The van der Waals surface area contributed by atoms with E-state index in [-0.39, 0.29) is 0 Å². The van der Waals surface area contributed by atoms with Gasteiger partial charge in [-0.2, -0.15) is 0 Å². The van der Waals surface area contributed by atoms with Crippen molar-refractivity contribution in [3.63, 3.8) is 0 Å². The maximum Gasteiger partial charge on any atom is 0.144 e. The van der Waals surface area contributed by atoms with Crippen LogP contribution in [0.2, 0.25) is 10.0 Å². The standard InChI is InChI=1S/C10H11Cl2N5/c11-8-6-9(12)10(14-7-8)13-2-1-4-17-5-3-15-16-17/h3,5-7H,1-2,4H2,(H,13,14). The Morgan fingerprint density at radius 1 is 1.35 bits per heavy atom. The summed E-state index contributed by atoms with van der Waals surface area (Å²) in [7, 11) is 0. The zero-order valence-corrected chi connectivity index (χ0v) is 10.5. The van der Waals surface area contributed by atoms with Gasteiger partial charge in [-0.3, -0.25) is 4.68 Å². The van der Waals surface area contributed by atoms with Crippen molar-refractivity contribution in [3.05, 3.63) is 34.7 Å². The third-order valence-electron chi connectivity index (χ3n) is 2.14. The molecule has 0 aliphatic rings. The van der Waals surface area contributed by atoms with Crippen LogP contribution >= 0.6 is 23.2 Å². The third-order valence-corrected chi connectivity index (χ3v) is 2.63. The molecule has 0 unspecified atom stereocenters. The van der Waals surface area contributed by atoms with E-state index in [1.807, 2.05) is 6.20 Å². The molecule has 2 aromatic heterocycles. The van der Waals surface area contributed by atoms with Crippen molar-refractivity contribution in [3.8, 4) is 0 Å². The number of anilines is 1. The van der Waals surface area contributed by atoms with Gasteiger partial charge in [0.05, 0.1) is 16.2 Å². The minimum absolute atomic E-state index is 0.526. The van der Waals surface area contributed by atoms with Gasteiger partial charge in [-0.25, -0.2) is 4.98 Å². The molecule has 0 aromatic carbocycles. The lowest BCUT2D eigenvalue weighted by Gasteiger charge is -2.07. The van der Waals surface area contributed by atoms with Crippen molar-refractivity contribution >= 4 is 29.0 Å². The topological polar surface area (TPSA) is 55.6 Å². The van der Waals surface area contributed by atoms with Gasteiger partial charge in [0.15, 0.2) is 0 Å². The van der Waals surface area contributed by atoms with Crippen molar-refractivity contribution in [1.29, 1.82) is 0 Å². The summed E-state index contributed by atoms with van der Waals surface area (Å²) in [5.74, 6) is 0.648. The van der Waals surface area contributed by atoms with Crippen LogP contribution in [-0.4, -0.2) is 26.5 Å². The Morgan fingerprint density at radius 2 is 2.24 bits per heavy atom. The Kier molecular flexibility index (Phi) is 4.17. The van der Waals surface area contributed by atoms with Crippen LogP contribution in [0.5, 0.6) is 0 Å². The second kappa shape index (κ2) is 5.84. The summed E-state index contributed by atoms with van der Waals surface area (Å²) in [6.07, 6.45) is 5.95. The number of nitrogens with zero attached hydrogens (tertiary/aromatic N) is 4. The van der Waals surface area contributed by atoms with E-state index in [4.69, 9.17) is 23.2 Å². The molecule has 0 saturated heterocycles. The molecule has 2 rings (SSSR count). The van der Waals surface area contributed by atoms with Crippen molar-refractivity contribution in [2.45, 2.75) is 13.0 Å². The highest BCUT2D eigenvalue weighted by molar-refractivity contribution is 6.35. The van der Waals surface area contributed by atoms with Crippen molar-refractivity contribution in [2.75, 3.05) is 11.9 Å². The highest BCUT2D eigenvalue weighted by atomic mass is 35.5. The normalized spacial score (nSPS) is 10.5. The predicted octanol–water partition coefficient (Wildman–Crippen LogP) is 2.48. The first-order chi connectivity index (χ1) is 8.25. The van der Waals surface area contributed by atoms with Gasteiger partial charge in [-0.05, 0) is 12.5 Å². The molecule has 0 fully saturated rings. The van der Waals surface area contributed by atoms with E-state index in [0.29, 0.717) is 15.9 Å². The van der Waals surface area contributed by atoms with Crippen LogP contribution in [0.3, 0.4) is 0 Å². The van der Waals surface area contributed by atoms with Gasteiger partial charge in [-0.15, -0.1) is 5.10 Å². The zero-order valence-electron chi connectivity index (χ0n) is 8.98. The lowest BCUT2D eigenvalue weighted by Crippen LogP contribution is -2.08. The van der Waals surface area contributed by atoms with E-state index in [1.54, 1.807) is 23.1 Å². The van der Waals surface area contributed by atoms with Crippen LogP contribution in [-0.2, 0) is 6.54 Å². The van der Waals surface area contributed by atoms with Crippen molar-refractivity contribution in [2.24, 2.45) is 0 Å². The fourth-order valence-corrected chi connectivity index (χ4v) is 1.79. The largest absolute Gasteiger partial charge is 0.369 e. The second-order valence-electron chi connectivity index (χ2n) is 3.43. The number of pyridine rings is 1. The summed E-state index contributed by atoms with van der Waals surface area (Å²) in [6.45, 7) is 1.56. The molecule has 2 heterocycles. The summed E-state index contributed by atoms with van der Waals surface area (Å²) in [5, 5.41) is 11.8. The van der Waals surface area contributed by atoms with E-state index in [1.165, 1.54) is 0 Å². The van der Waals surface area contributed by atoms with E-state index in [9.17, 15) is 0 Å². The highest BCUT2D eigenvalue weighted by Crippen LogP contribution is 2.22. The summed E-state index contributed by atoms with van der Waals surface area (Å²) < 4.78 is 1.78. The van der Waals surface area contributed by atoms with Crippen LogP contribution < -0.4 is 5.32 Å². The molecule has 0 amide bonds. The number of rotatable bonds is 5. The lowest BCUT2D eigenvalue weighted by molar-refractivity contribution is 0.569. The van der Waals surface area contributed by atoms with E-state index in [0.717, 1.165) is 19.5 Å². The Labute approximate surface area is 109 Å². The quantitative estimate of drug-likeness (QED) is 0.849. The number of aromatic nitrogens is 4. The van der Waals surface area contributed by atoms with Crippen LogP contribution in [0.1, 0.15) is 6.42 Å². The third kappa shape index (κ3) is 3.57. The van der Waals surface area contributed by atoms with Gasteiger partial charge in [0, 0.05) is 25.5 Å². The monoisotopic (exact) mass is 271 g/mol. The fraction of sp³-hybridized carbons (Fsp3) is 0.300. The molecule has 17 heavy (non-hydrogen) atoms. The zero-order chi connectivity index (χ0) is 12.1. The summed E-state index contributed by atoms with van der Waals surface area (Å²) in [5.41, 5.74) is 0. The van der Waals surface area contributed by atoms with Crippen LogP contribution in [0.15, 0.2) is 24.7 Å². The van der Waals surface area contributed by atoms with Gasteiger partial charge in [-0.1, -0.05) is 28.4 Å². The molecule has 0 spiro atoms. The number of halogens is 2. The summed E-state index contributed by atoms with van der Waals surface area (Å²) in [6, 6.07) is 1.66. The predicted molar refractivity (Wildman–Crippen MR) is 67.4 cm³/mol. The van der Waals surface area contributed by atoms with Crippen molar-refractivity contribution in [1.82, 2.24) is 20.0 Å². The number of nitrogens with one attached hydrogen (secondary N) is 1. The second-order valence-corrected chi connectivity index (χ2v) is 4.27. The SMILES string of the molecule is Clc1cnc(NCCCn2ccnn2)c(Cl)c1. The van der Waals surface area contributed by atoms with Gasteiger partial charge in [0.2, 0.25) is 0 Å². The number of aryl methyl sites for hydroxylation is 1. The smallest absolute Gasteiger partial charge is 0.144 e. The highest BCUT2D eigenvalue weighted by Gasteiger charge is 2.01. The van der Waals surface area contributed by atoms with Crippen LogP contribution in [0, 0.1) is 0 Å². The van der Waals surface area contributed by atoms with Gasteiger partial charge in [0.25, 0.3) is 0 Å². The number of hydrogen-bond donors (Lipinski definition) is 1. The molecule has 5 nitrogen and oxygen atoms in total. The fourth-order valence-electron chi connectivity index (χ4n) is 1.34. The molecule has 0 radical (unpaired) electrons. The van der Waals surface area contributed by atoms with E-state index in [2.05, 4.69) is 20.6 Å². The summed E-state index contributed by atoms with van der Waals surface area (Å²) >= 11 is 11.7. The van der Waals surface area contributed by atoms with E-state index < -0.39 is 0 Å². The molecule has 0 bridgehead atoms. The maximum atomic E-state index is 5.97. The Hall–Kier alpha value is -1.33. The van der Waals surface area contributed by atoms with Gasteiger partial charge in [0.1, 0.15) is 5.82 Å². The first kappa shape index (κ1) is 12.1. The number of hydrogen-bond acceptors (Lipinski definition) is 4. The molecular formula is C10H11Cl2N5. The first-order valence-corrected chi connectivity index (χ1v) is 5.90. The minimum atomic E-state index is 0.526. The van der Waals surface area contributed by atoms with Crippen molar-refractivity contribution < 1.29 is 0 Å². The summed E-state index contributed by atoms with van der Waals surface area (Å²) in [4.78, 5) is 4.10. The lowest BCUT2D eigenvalue weighted by atomic mass is 10.4. The first-order valence-electron chi connectivity index (χ1n) is 5.15. The van der Waals surface area contributed by atoms with Crippen LogP contribution in [0.4, 0.5) is 5.82 Å². The Balaban J connectivity index is 1.78. The molecule has 0 aliphatic carbocycles. The van der Waals surface area contributed by atoms with Gasteiger partial charge >= 0.3 is 0 Å². The van der Waals surface area contributed by atoms with E-state index >= 15 is 0 Å². The molecular weight excluding hydrogens is 261 g/mol. The maximum absolute atomic E-state index is 5.97.